The smallest absolute Gasteiger partial charge is 0.155 e. The van der Waals surface area contributed by atoms with Crippen molar-refractivity contribution in [2.75, 3.05) is 6.26 Å². The number of phenols is 1. The minimum absolute atomic E-state index is 0. The molecular formula is C18H17ClOS. The van der Waals surface area contributed by atoms with E-state index in [4.69, 9.17) is 0 Å². The van der Waals surface area contributed by atoms with Crippen molar-refractivity contribution in [3.05, 3.63) is 72.3 Å². The molecule has 0 bridgehead atoms. The highest BCUT2D eigenvalue weighted by molar-refractivity contribution is 7.95. The van der Waals surface area contributed by atoms with E-state index in [2.05, 4.69) is 48.7 Å². The molecule has 1 N–H and O–H groups in total. The van der Waals surface area contributed by atoms with Crippen molar-refractivity contribution < 1.29 is 17.5 Å². The van der Waals surface area contributed by atoms with E-state index in [0.717, 1.165) is 5.75 Å². The monoisotopic (exact) mass is 316 g/mol. The second kappa shape index (κ2) is 6.88. The highest BCUT2D eigenvalue weighted by Gasteiger charge is 2.17. The summed E-state index contributed by atoms with van der Waals surface area (Å²) in [4.78, 5) is 1.29. The molecular weight excluding hydrogens is 300 g/mol. The summed E-state index contributed by atoms with van der Waals surface area (Å²) in [5.41, 5.74) is 1.39. The van der Waals surface area contributed by atoms with Gasteiger partial charge in [-0.15, -0.1) is 0 Å². The van der Waals surface area contributed by atoms with Gasteiger partial charge in [-0.05, 0) is 35.0 Å². The lowest BCUT2D eigenvalue weighted by atomic mass is 10.1. The van der Waals surface area contributed by atoms with Gasteiger partial charge in [0.1, 0.15) is 17.8 Å². The average Bonchev–Trinajstić information content (AvgIpc) is 2.48. The lowest BCUT2D eigenvalue weighted by Crippen LogP contribution is -3.00. The first-order valence-electron chi connectivity index (χ1n) is 6.62. The Morgan fingerprint density at radius 1 is 0.857 bits per heavy atom. The van der Waals surface area contributed by atoms with Crippen LogP contribution in [0.1, 0.15) is 5.56 Å². The van der Waals surface area contributed by atoms with E-state index in [-0.39, 0.29) is 23.3 Å². The quantitative estimate of drug-likeness (QED) is 0.723. The van der Waals surface area contributed by atoms with Crippen LogP contribution < -0.4 is 12.4 Å². The summed E-state index contributed by atoms with van der Waals surface area (Å²) in [6.45, 7) is 0. The number of rotatable bonds is 3. The predicted molar refractivity (Wildman–Crippen MR) is 87.3 cm³/mol. The third-order valence-electron chi connectivity index (χ3n) is 3.49. The molecule has 0 aliphatic rings. The van der Waals surface area contributed by atoms with Crippen molar-refractivity contribution >= 4 is 21.7 Å². The molecule has 108 valence electrons. The maximum atomic E-state index is 9.37. The summed E-state index contributed by atoms with van der Waals surface area (Å²) in [7, 11) is 0.140. The van der Waals surface area contributed by atoms with Crippen molar-refractivity contribution in [1.29, 1.82) is 0 Å². The van der Waals surface area contributed by atoms with Crippen LogP contribution in [0.25, 0.3) is 10.8 Å². The summed E-state index contributed by atoms with van der Waals surface area (Å²) >= 11 is 0. The summed E-state index contributed by atoms with van der Waals surface area (Å²) in [5, 5.41) is 12.0. The molecule has 0 radical (unpaired) electrons. The van der Waals surface area contributed by atoms with E-state index in [1.807, 2.05) is 12.1 Å². The fourth-order valence-corrected chi connectivity index (χ4v) is 3.90. The summed E-state index contributed by atoms with van der Waals surface area (Å²) in [6.07, 6.45) is 2.26. The maximum Gasteiger partial charge on any atom is 0.155 e. The third kappa shape index (κ3) is 3.52. The highest BCUT2D eigenvalue weighted by atomic mass is 35.5. The normalized spacial score (nSPS) is 11.9. The Hall–Kier alpha value is -1.64. The van der Waals surface area contributed by atoms with Gasteiger partial charge in [0.05, 0.1) is 0 Å². The fourth-order valence-electron chi connectivity index (χ4n) is 2.41. The van der Waals surface area contributed by atoms with E-state index in [0.29, 0.717) is 5.75 Å². The zero-order chi connectivity index (χ0) is 13.9. The zero-order valence-electron chi connectivity index (χ0n) is 11.8. The lowest BCUT2D eigenvalue weighted by Gasteiger charge is -2.07. The van der Waals surface area contributed by atoms with E-state index in [1.165, 1.54) is 21.2 Å². The first kappa shape index (κ1) is 15.7. The van der Waals surface area contributed by atoms with Gasteiger partial charge in [0, 0.05) is 16.5 Å². The number of hydrogen-bond donors (Lipinski definition) is 1. The van der Waals surface area contributed by atoms with Gasteiger partial charge in [-0.1, -0.05) is 42.5 Å². The van der Waals surface area contributed by atoms with Gasteiger partial charge < -0.3 is 17.5 Å². The highest BCUT2D eigenvalue weighted by Crippen LogP contribution is 2.24. The Labute approximate surface area is 134 Å². The van der Waals surface area contributed by atoms with Crippen LogP contribution in [-0.2, 0) is 16.6 Å². The van der Waals surface area contributed by atoms with Gasteiger partial charge in [0.2, 0.25) is 0 Å². The number of phenolic OH excluding ortho intramolecular Hbond substituents is 1. The van der Waals surface area contributed by atoms with E-state index < -0.39 is 0 Å². The van der Waals surface area contributed by atoms with E-state index in [1.54, 1.807) is 12.1 Å². The third-order valence-corrected chi connectivity index (χ3v) is 5.31. The fraction of sp³-hybridized carbons (Fsp3) is 0.111. The molecule has 3 aromatic carbocycles. The second-order valence-electron chi connectivity index (χ2n) is 4.91. The number of aromatic hydroxyl groups is 1. The molecule has 1 nitrogen and oxygen atoms in total. The molecule has 0 saturated carbocycles. The molecule has 0 spiro atoms. The number of fused-ring (bicyclic) bond motifs is 1. The van der Waals surface area contributed by atoms with Gasteiger partial charge in [0.15, 0.2) is 4.90 Å². The SMILES string of the molecule is C[S+](Cc1cccc2ccccc12)c1ccc(O)cc1.[Cl-]. The Morgan fingerprint density at radius 3 is 2.29 bits per heavy atom. The Morgan fingerprint density at radius 2 is 1.52 bits per heavy atom. The minimum atomic E-state index is 0. The van der Waals surface area contributed by atoms with E-state index >= 15 is 0 Å². The Bertz CT molecular complexity index is 719. The molecule has 0 amide bonds. The van der Waals surface area contributed by atoms with Crippen LogP contribution in [0.5, 0.6) is 5.75 Å². The lowest BCUT2D eigenvalue weighted by molar-refractivity contribution is -0.00000506. The molecule has 3 aromatic rings. The van der Waals surface area contributed by atoms with Crippen molar-refractivity contribution in [3.8, 4) is 5.75 Å². The van der Waals surface area contributed by atoms with Gasteiger partial charge >= 0.3 is 0 Å². The largest absolute Gasteiger partial charge is 1.00 e. The number of benzene rings is 3. The average molecular weight is 317 g/mol. The molecule has 0 fully saturated rings. The summed E-state index contributed by atoms with van der Waals surface area (Å²) < 4.78 is 0. The van der Waals surface area contributed by atoms with Crippen LogP contribution >= 0.6 is 0 Å². The van der Waals surface area contributed by atoms with Crippen LogP contribution in [0.2, 0.25) is 0 Å². The Kier molecular flexibility index (Phi) is 5.16. The first-order chi connectivity index (χ1) is 9.74. The topological polar surface area (TPSA) is 20.2 Å². The molecule has 3 heteroatoms. The molecule has 0 saturated heterocycles. The molecule has 1 unspecified atom stereocenters. The van der Waals surface area contributed by atoms with Gasteiger partial charge in [-0.2, -0.15) is 0 Å². The molecule has 0 heterocycles. The van der Waals surface area contributed by atoms with Crippen LogP contribution in [0.4, 0.5) is 0 Å². The molecule has 21 heavy (non-hydrogen) atoms. The van der Waals surface area contributed by atoms with Crippen LogP contribution in [-0.4, -0.2) is 11.4 Å². The maximum absolute atomic E-state index is 9.37. The van der Waals surface area contributed by atoms with Gasteiger partial charge in [-0.3, -0.25) is 0 Å². The number of hydrogen-bond acceptors (Lipinski definition) is 1. The van der Waals surface area contributed by atoms with Crippen molar-refractivity contribution in [2.45, 2.75) is 10.6 Å². The van der Waals surface area contributed by atoms with Crippen LogP contribution in [0, 0.1) is 0 Å². The van der Waals surface area contributed by atoms with Gasteiger partial charge in [0.25, 0.3) is 0 Å². The van der Waals surface area contributed by atoms with E-state index in [9.17, 15) is 5.11 Å². The molecule has 3 rings (SSSR count). The van der Waals surface area contributed by atoms with Crippen molar-refractivity contribution in [1.82, 2.24) is 0 Å². The second-order valence-corrected chi connectivity index (χ2v) is 6.95. The predicted octanol–water partition coefficient (Wildman–Crippen LogP) is 1.36. The van der Waals surface area contributed by atoms with Gasteiger partial charge in [-0.25, -0.2) is 0 Å². The van der Waals surface area contributed by atoms with Crippen molar-refractivity contribution in [2.24, 2.45) is 0 Å². The number of halogens is 1. The molecule has 0 aliphatic heterocycles. The summed E-state index contributed by atoms with van der Waals surface area (Å²) in [5.74, 6) is 1.36. The van der Waals surface area contributed by atoms with Crippen LogP contribution in [0.3, 0.4) is 0 Å². The van der Waals surface area contributed by atoms with Crippen molar-refractivity contribution in [3.63, 3.8) is 0 Å². The summed E-state index contributed by atoms with van der Waals surface area (Å²) in [6, 6.07) is 22.6. The zero-order valence-corrected chi connectivity index (χ0v) is 13.4. The molecule has 0 aromatic heterocycles. The molecule has 1 atom stereocenters. The first-order valence-corrected chi connectivity index (χ1v) is 8.42. The van der Waals surface area contributed by atoms with Crippen LogP contribution in [0.15, 0.2) is 71.6 Å². The standard InChI is InChI=1S/C18H16OS.ClH/c1-20(17-11-9-16(19)10-12-17)13-15-7-4-6-14-5-2-3-8-18(14)15;/h2-12H,13H2,1H3;1H. The minimum Gasteiger partial charge on any atom is -1.00 e. The molecule has 0 aliphatic carbocycles. The Balaban J connectivity index is 0.00000161.